The maximum atomic E-state index is 14.7. The van der Waals surface area contributed by atoms with Gasteiger partial charge in [0.2, 0.25) is 17.7 Å². The molecule has 0 bridgehead atoms. The average Bonchev–Trinajstić information content (AvgIpc) is 3.23. The molecule has 1 unspecified atom stereocenters. The topological polar surface area (TPSA) is 84.1 Å². The molecule has 4 heterocycles. The number of carbonyl (C=O) groups is 1. The van der Waals surface area contributed by atoms with Crippen LogP contribution in [0.15, 0.2) is 35.5 Å². The molecule has 34 heavy (non-hydrogen) atoms. The smallest absolute Gasteiger partial charge is 0.244 e. The summed E-state index contributed by atoms with van der Waals surface area (Å²) >= 11 is 0. The van der Waals surface area contributed by atoms with Gasteiger partial charge in [-0.05, 0) is 55.0 Å². The molecule has 0 spiro atoms. The quantitative estimate of drug-likeness (QED) is 0.620. The maximum absolute atomic E-state index is 14.7. The Morgan fingerprint density at radius 2 is 2.12 bits per heavy atom. The van der Waals surface area contributed by atoms with Gasteiger partial charge in [-0.15, -0.1) is 5.10 Å². The van der Waals surface area contributed by atoms with Crippen LogP contribution in [0.4, 0.5) is 16.0 Å². The van der Waals surface area contributed by atoms with Gasteiger partial charge >= 0.3 is 0 Å². The molecule has 2 aliphatic heterocycles. The normalized spacial score (nSPS) is 22.3. The van der Waals surface area contributed by atoms with Crippen LogP contribution >= 0.6 is 0 Å². The molecule has 1 fully saturated rings. The Hall–Kier alpha value is -3.49. The number of nitrogens with zero attached hydrogens (tertiary/aromatic N) is 5. The number of halogens is 1. The number of rotatable bonds is 4. The molecular formula is C25H29FN6O2. The largest absolute Gasteiger partial charge is 0.479 e. The molecule has 9 heteroatoms. The number of amides is 1. The van der Waals surface area contributed by atoms with Gasteiger partial charge in [-0.25, -0.2) is 8.91 Å². The molecule has 1 N–H and O–H groups in total. The maximum Gasteiger partial charge on any atom is 0.244 e. The van der Waals surface area contributed by atoms with Crippen molar-refractivity contribution in [1.29, 1.82) is 0 Å². The highest BCUT2D eigenvalue weighted by Gasteiger charge is 2.31. The second-order valence-electron chi connectivity index (χ2n) is 9.21. The zero-order valence-corrected chi connectivity index (χ0v) is 19.9. The summed E-state index contributed by atoms with van der Waals surface area (Å²) in [7, 11) is 1.57. The molecule has 2 aromatic heterocycles. The number of nitrogens with one attached hydrogen (secondary N) is 1. The van der Waals surface area contributed by atoms with E-state index in [9.17, 15) is 9.18 Å². The molecule has 3 aromatic rings. The molecule has 0 aliphatic carbocycles. The number of methoxy groups -OCH3 is 1. The van der Waals surface area contributed by atoms with Gasteiger partial charge < -0.3 is 15.0 Å². The van der Waals surface area contributed by atoms with Gasteiger partial charge in [-0.3, -0.25) is 9.79 Å². The minimum Gasteiger partial charge on any atom is -0.479 e. The van der Waals surface area contributed by atoms with Crippen LogP contribution in [0, 0.1) is 0 Å². The Labute approximate surface area is 197 Å². The summed E-state index contributed by atoms with van der Waals surface area (Å²) in [6.45, 7) is 6.32. The van der Waals surface area contributed by atoms with Gasteiger partial charge in [0.1, 0.15) is 11.7 Å². The summed E-state index contributed by atoms with van der Waals surface area (Å²) in [5.74, 6) is 0.991. The number of aliphatic imine (C=N–C) groups is 1. The number of hydrogen-bond acceptors (Lipinski definition) is 6. The van der Waals surface area contributed by atoms with Gasteiger partial charge in [-0.1, -0.05) is 13.0 Å². The van der Waals surface area contributed by atoms with Crippen molar-refractivity contribution in [2.24, 2.45) is 4.99 Å². The molecular weight excluding hydrogens is 435 g/mol. The lowest BCUT2D eigenvalue weighted by atomic mass is 9.89. The fourth-order valence-electron chi connectivity index (χ4n) is 4.97. The number of carbonyl (C=O) groups excluding carboxylic acids is 1. The molecule has 0 saturated carbocycles. The predicted octanol–water partition coefficient (Wildman–Crippen LogP) is 4.38. The summed E-state index contributed by atoms with van der Waals surface area (Å²) in [5, 5.41) is 7.68. The lowest BCUT2D eigenvalue weighted by Gasteiger charge is -2.34. The van der Waals surface area contributed by atoms with Crippen molar-refractivity contribution in [3.8, 4) is 17.0 Å². The van der Waals surface area contributed by atoms with E-state index in [4.69, 9.17) is 9.73 Å². The fourth-order valence-corrected chi connectivity index (χ4v) is 4.97. The molecule has 2 aliphatic rings. The lowest BCUT2D eigenvalue weighted by molar-refractivity contribution is -0.131. The van der Waals surface area contributed by atoms with Crippen molar-refractivity contribution in [1.82, 2.24) is 19.5 Å². The van der Waals surface area contributed by atoms with Crippen molar-refractivity contribution in [2.45, 2.75) is 51.7 Å². The molecule has 1 aromatic carbocycles. The Morgan fingerprint density at radius 1 is 1.29 bits per heavy atom. The average molecular weight is 465 g/mol. The third-order valence-electron chi connectivity index (χ3n) is 6.76. The first-order chi connectivity index (χ1) is 16.3. The molecule has 1 amide bonds. The van der Waals surface area contributed by atoms with E-state index >= 15 is 0 Å². The van der Waals surface area contributed by atoms with Crippen LogP contribution < -0.4 is 10.1 Å². The molecule has 5 rings (SSSR count). The standard InChI is InChI=1S/C25H29FN6O2/c1-14-11-15(2)27-21-6-5-17(12-19(14)21)18-7-10-32-23(18)24(34-4)29-25(30-32)28-22-8-9-31(16(3)33)13-20(22)26/h5-7,10,12,14,20,22H,8-9,11,13H2,1-4H3,(H,28,30)/t14?,20-,22+/m1/s1. The molecule has 3 atom stereocenters. The van der Waals surface area contributed by atoms with Gasteiger partial charge in [-0.2, -0.15) is 4.98 Å². The number of benzene rings is 1. The summed E-state index contributed by atoms with van der Waals surface area (Å²) in [5.41, 5.74) is 6.16. The Balaban J connectivity index is 1.46. The fraction of sp³-hybridized carbons (Fsp3) is 0.440. The summed E-state index contributed by atoms with van der Waals surface area (Å²) < 4.78 is 22.0. The van der Waals surface area contributed by atoms with Crippen molar-refractivity contribution < 1.29 is 13.9 Å². The Bertz CT molecular complexity index is 1290. The van der Waals surface area contributed by atoms with Crippen LogP contribution in [0.1, 0.15) is 45.1 Å². The first-order valence-corrected chi connectivity index (χ1v) is 11.6. The highest BCUT2D eigenvalue weighted by atomic mass is 19.1. The SMILES string of the molecule is COc1nc(N[C@H]2CCN(C(C)=O)C[C@H]2F)nn2ccc(-c3ccc4c(c3)C(C)CC(C)=N4)c12. The third kappa shape index (κ3) is 3.99. The second kappa shape index (κ2) is 8.70. The predicted molar refractivity (Wildman–Crippen MR) is 130 cm³/mol. The van der Waals surface area contributed by atoms with Crippen LogP contribution in [-0.4, -0.2) is 63.5 Å². The van der Waals surface area contributed by atoms with E-state index in [1.165, 1.54) is 17.4 Å². The minimum absolute atomic E-state index is 0.0698. The van der Waals surface area contributed by atoms with Gasteiger partial charge in [0.25, 0.3) is 0 Å². The van der Waals surface area contributed by atoms with Crippen LogP contribution in [-0.2, 0) is 4.79 Å². The number of hydrogen-bond donors (Lipinski definition) is 1. The van der Waals surface area contributed by atoms with Crippen LogP contribution in [0.2, 0.25) is 0 Å². The first-order valence-electron chi connectivity index (χ1n) is 11.6. The van der Waals surface area contributed by atoms with E-state index in [0.717, 1.165) is 34.5 Å². The summed E-state index contributed by atoms with van der Waals surface area (Å²) in [4.78, 5) is 22.3. The molecule has 8 nitrogen and oxygen atoms in total. The number of fused-ring (bicyclic) bond motifs is 2. The highest BCUT2D eigenvalue weighted by molar-refractivity contribution is 5.90. The molecule has 178 valence electrons. The van der Waals surface area contributed by atoms with Crippen molar-refractivity contribution >= 4 is 28.8 Å². The number of alkyl halides is 1. The number of anilines is 1. The number of ether oxygens (including phenoxy) is 1. The van der Waals surface area contributed by atoms with Gasteiger partial charge in [0, 0.05) is 30.9 Å². The van der Waals surface area contributed by atoms with Crippen molar-refractivity contribution in [2.75, 3.05) is 25.5 Å². The zero-order valence-electron chi connectivity index (χ0n) is 19.9. The van der Waals surface area contributed by atoms with Gasteiger partial charge in [0.05, 0.1) is 25.4 Å². The van der Waals surface area contributed by atoms with Crippen molar-refractivity contribution in [3.05, 3.63) is 36.0 Å². The highest BCUT2D eigenvalue weighted by Crippen LogP contribution is 2.39. The molecule has 1 saturated heterocycles. The van der Waals surface area contributed by atoms with Crippen molar-refractivity contribution in [3.63, 3.8) is 0 Å². The van der Waals surface area contributed by atoms with E-state index in [1.54, 1.807) is 11.6 Å². The van der Waals surface area contributed by atoms with E-state index in [-0.39, 0.29) is 12.5 Å². The number of piperidine rings is 1. The second-order valence-corrected chi connectivity index (χ2v) is 9.21. The number of aromatic nitrogens is 3. The van der Waals surface area contributed by atoms with Crippen LogP contribution in [0.5, 0.6) is 5.88 Å². The van der Waals surface area contributed by atoms with E-state index < -0.39 is 12.2 Å². The van der Waals surface area contributed by atoms with E-state index in [1.807, 2.05) is 12.3 Å². The zero-order chi connectivity index (χ0) is 24.0. The summed E-state index contributed by atoms with van der Waals surface area (Å²) in [6, 6.07) is 7.83. The first kappa shape index (κ1) is 22.3. The monoisotopic (exact) mass is 464 g/mol. The Morgan fingerprint density at radius 3 is 2.85 bits per heavy atom. The number of likely N-dealkylation sites (tertiary alicyclic amines) is 1. The Kier molecular flexibility index (Phi) is 5.71. The minimum atomic E-state index is -1.20. The van der Waals surface area contributed by atoms with Crippen LogP contribution in [0.25, 0.3) is 16.6 Å². The molecule has 0 radical (unpaired) electrons. The lowest BCUT2D eigenvalue weighted by Crippen LogP contribution is -2.49. The summed E-state index contributed by atoms with van der Waals surface area (Å²) in [6.07, 6.45) is 2.09. The van der Waals surface area contributed by atoms with E-state index in [2.05, 4.69) is 47.4 Å². The van der Waals surface area contributed by atoms with Gasteiger partial charge in [0.15, 0.2) is 0 Å². The third-order valence-corrected chi connectivity index (χ3v) is 6.76. The van der Waals surface area contributed by atoms with E-state index in [0.29, 0.717) is 30.7 Å². The van der Waals surface area contributed by atoms with Crippen LogP contribution in [0.3, 0.4) is 0 Å².